The number of carbonyl (C=O) groups is 1. The maximum atomic E-state index is 12.4. The smallest absolute Gasteiger partial charge is 0.257 e. The van der Waals surface area contributed by atoms with Gasteiger partial charge in [-0.15, -0.1) is 0 Å². The molecule has 0 spiro atoms. The molecule has 2 N–H and O–H groups in total. The van der Waals surface area contributed by atoms with Gasteiger partial charge in [0.05, 0.1) is 17.7 Å². The van der Waals surface area contributed by atoms with E-state index in [1.807, 2.05) is 12.1 Å². The molecule has 0 fully saturated rings. The summed E-state index contributed by atoms with van der Waals surface area (Å²) < 4.78 is 11.8. The lowest BCUT2D eigenvalue weighted by molar-refractivity contribution is 0.0977. The minimum Gasteiger partial charge on any atom is -0.497 e. The molecule has 3 aromatic carbocycles. The van der Waals surface area contributed by atoms with Gasteiger partial charge in [0.15, 0.2) is 10.7 Å². The van der Waals surface area contributed by atoms with Gasteiger partial charge in [-0.25, -0.2) is 4.98 Å². The van der Waals surface area contributed by atoms with Crippen LogP contribution < -0.4 is 15.4 Å². The second-order valence-corrected chi connectivity index (χ2v) is 8.20. The number of aromatic nitrogens is 1. The third kappa shape index (κ3) is 4.87. The number of rotatable bonds is 4. The van der Waals surface area contributed by atoms with Crippen LogP contribution in [0, 0.1) is 0 Å². The van der Waals surface area contributed by atoms with E-state index in [0.29, 0.717) is 44.6 Å². The molecule has 0 unspecified atom stereocenters. The highest BCUT2D eigenvalue weighted by Gasteiger charge is 2.14. The van der Waals surface area contributed by atoms with E-state index in [4.69, 9.17) is 33.0 Å². The third-order valence-electron chi connectivity index (χ3n) is 4.36. The Bertz CT molecular complexity index is 1310. The number of carbonyl (C=O) groups excluding carboxylic acids is 1. The van der Waals surface area contributed by atoms with Crippen LogP contribution >= 0.6 is 39.7 Å². The number of nitrogens with zero attached hydrogens (tertiary/aromatic N) is 1. The van der Waals surface area contributed by atoms with Gasteiger partial charge < -0.3 is 14.5 Å². The van der Waals surface area contributed by atoms with Gasteiger partial charge in [0, 0.05) is 15.7 Å². The van der Waals surface area contributed by atoms with Crippen LogP contribution in [0.1, 0.15) is 10.4 Å². The normalized spacial score (nSPS) is 10.7. The zero-order valence-corrected chi connectivity index (χ0v) is 19.3. The number of fused-ring (bicyclic) bond motifs is 1. The van der Waals surface area contributed by atoms with E-state index in [0.717, 1.165) is 4.47 Å². The molecule has 0 aliphatic heterocycles. The lowest BCUT2D eigenvalue weighted by Gasteiger charge is -2.10. The van der Waals surface area contributed by atoms with E-state index < -0.39 is 0 Å². The summed E-state index contributed by atoms with van der Waals surface area (Å²) in [5.41, 5.74) is 3.00. The van der Waals surface area contributed by atoms with E-state index in [1.165, 1.54) is 0 Å². The van der Waals surface area contributed by atoms with Crippen LogP contribution in [0.5, 0.6) is 5.75 Å². The molecule has 0 radical (unpaired) electrons. The molecule has 4 aromatic rings. The van der Waals surface area contributed by atoms with Crippen molar-refractivity contribution in [2.45, 2.75) is 0 Å². The Hall–Kier alpha value is -2.94. The van der Waals surface area contributed by atoms with Crippen LogP contribution in [-0.2, 0) is 0 Å². The quantitative estimate of drug-likeness (QED) is 0.322. The Labute approximate surface area is 196 Å². The van der Waals surface area contributed by atoms with Crippen molar-refractivity contribution in [3.63, 3.8) is 0 Å². The first-order valence-corrected chi connectivity index (χ1v) is 10.6. The number of ether oxygens (including phenoxy) is 1. The molecule has 1 heterocycles. The van der Waals surface area contributed by atoms with Crippen LogP contribution in [-0.4, -0.2) is 23.1 Å². The van der Waals surface area contributed by atoms with E-state index in [2.05, 4.69) is 31.5 Å². The molecular formula is C22H15BrClN3O3S. The van der Waals surface area contributed by atoms with Gasteiger partial charge >= 0.3 is 0 Å². The summed E-state index contributed by atoms with van der Waals surface area (Å²) in [6, 6.07) is 17.6. The summed E-state index contributed by atoms with van der Waals surface area (Å²) in [7, 11) is 1.54. The SMILES string of the molecule is COc1cccc(C(=O)NC(=S)Nc2ccc3oc(-c4cc(Br)ccc4Cl)nc3c2)c1. The second-order valence-electron chi connectivity index (χ2n) is 6.47. The monoisotopic (exact) mass is 515 g/mol. The number of nitrogens with one attached hydrogen (secondary N) is 2. The van der Waals surface area contributed by atoms with Crippen LogP contribution in [0.3, 0.4) is 0 Å². The van der Waals surface area contributed by atoms with Crippen molar-refractivity contribution in [2.75, 3.05) is 12.4 Å². The van der Waals surface area contributed by atoms with Crippen molar-refractivity contribution in [3.8, 4) is 17.2 Å². The van der Waals surface area contributed by atoms with Crippen molar-refractivity contribution < 1.29 is 13.9 Å². The van der Waals surface area contributed by atoms with Gasteiger partial charge in [-0.3, -0.25) is 10.1 Å². The van der Waals surface area contributed by atoms with E-state index >= 15 is 0 Å². The molecule has 9 heteroatoms. The highest BCUT2D eigenvalue weighted by atomic mass is 79.9. The summed E-state index contributed by atoms with van der Waals surface area (Å²) >= 11 is 15.0. The molecule has 4 rings (SSSR count). The van der Waals surface area contributed by atoms with Gasteiger partial charge in [0.25, 0.3) is 5.91 Å². The van der Waals surface area contributed by atoms with E-state index in [9.17, 15) is 4.79 Å². The van der Waals surface area contributed by atoms with Gasteiger partial charge in [-0.2, -0.15) is 0 Å². The van der Waals surface area contributed by atoms with Gasteiger partial charge in [0.2, 0.25) is 5.89 Å². The number of oxazole rings is 1. The van der Waals surface area contributed by atoms with Crippen molar-refractivity contribution in [2.24, 2.45) is 0 Å². The van der Waals surface area contributed by atoms with Crippen LogP contribution in [0.2, 0.25) is 5.02 Å². The fraction of sp³-hybridized carbons (Fsp3) is 0.0455. The average molecular weight is 517 g/mol. The van der Waals surface area contributed by atoms with Crippen LogP contribution in [0.15, 0.2) is 69.6 Å². The fourth-order valence-corrected chi connectivity index (χ4v) is 3.65. The largest absolute Gasteiger partial charge is 0.497 e. The number of hydrogen-bond acceptors (Lipinski definition) is 5. The Kier molecular flexibility index (Phi) is 6.22. The molecule has 0 saturated carbocycles. The maximum Gasteiger partial charge on any atom is 0.257 e. The number of thiocarbonyl (C=S) groups is 1. The minimum atomic E-state index is -0.342. The highest BCUT2D eigenvalue weighted by molar-refractivity contribution is 9.10. The minimum absolute atomic E-state index is 0.158. The third-order valence-corrected chi connectivity index (χ3v) is 5.39. The molecule has 156 valence electrons. The molecule has 0 aliphatic rings. The standard InChI is InChI=1S/C22H15BrClN3O3S/c1-29-15-4-2-3-12(9-15)20(28)27-22(31)25-14-6-8-19-18(11-14)26-21(30-19)16-10-13(23)5-7-17(16)24/h2-11H,1H3,(H2,25,27,28,31). The van der Waals surface area contributed by atoms with Crippen molar-refractivity contribution in [1.29, 1.82) is 0 Å². The van der Waals surface area contributed by atoms with Crippen molar-refractivity contribution in [3.05, 3.63) is 75.7 Å². The second kappa shape index (κ2) is 9.05. The zero-order chi connectivity index (χ0) is 22.0. The Morgan fingerprint density at radius 2 is 2.00 bits per heavy atom. The van der Waals surface area contributed by atoms with Gasteiger partial charge in [-0.05, 0) is 66.8 Å². The molecular weight excluding hydrogens is 502 g/mol. The first kappa shape index (κ1) is 21.3. The summed E-state index contributed by atoms with van der Waals surface area (Å²) in [5.74, 6) is 0.655. The Morgan fingerprint density at radius 1 is 1.16 bits per heavy atom. The predicted molar refractivity (Wildman–Crippen MR) is 129 cm³/mol. The molecule has 1 aromatic heterocycles. The number of halogens is 2. The van der Waals surface area contributed by atoms with Crippen LogP contribution in [0.25, 0.3) is 22.6 Å². The van der Waals surface area contributed by atoms with Gasteiger partial charge in [-0.1, -0.05) is 33.6 Å². The first-order chi connectivity index (χ1) is 14.9. The Morgan fingerprint density at radius 3 is 2.81 bits per heavy atom. The Balaban J connectivity index is 1.50. The molecule has 0 bridgehead atoms. The average Bonchev–Trinajstić information content (AvgIpc) is 3.18. The number of amides is 1. The molecule has 0 saturated heterocycles. The molecule has 0 atom stereocenters. The van der Waals surface area contributed by atoms with Crippen LogP contribution in [0.4, 0.5) is 5.69 Å². The van der Waals surface area contributed by atoms with E-state index in [1.54, 1.807) is 55.6 Å². The van der Waals surface area contributed by atoms with Gasteiger partial charge in [0.1, 0.15) is 11.3 Å². The zero-order valence-electron chi connectivity index (χ0n) is 16.1. The highest BCUT2D eigenvalue weighted by Crippen LogP contribution is 2.32. The number of methoxy groups -OCH3 is 1. The molecule has 1 amide bonds. The summed E-state index contributed by atoms with van der Waals surface area (Å²) in [5, 5.41) is 6.33. The summed E-state index contributed by atoms with van der Waals surface area (Å²) in [6.45, 7) is 0. The molecule has 6 nitrogen and oxygen atoms in total. The lowest BCUT2D eigenvalue weighted by Crippen LogP contribution is -2.34. The van der Waals surface area contributed by atoms with Crippen molar-refractivity contribution >= 4 is 67.6 Å². The molecule has 31 heavy (non-hydrogen) atoms. The predicted octanol–water partition coefficient (Wildman–Crippen LogP) is 6.05. The first-order valence-electron chi connectivity index (χ1n) is 9.05. The summed E-state index contributed by atoms with van der Waals surface area (Å²) in [6.07, 6.45) is 0. The number of anilines is 1. The molecule has 0 aliphatic carbocycles. The van der Waals surface area contributed by atoms with E-state index in [-0.39, 0.29) is 11.0 Å². The topological polar surface area (TPSA) is 76.4 Å². The summed E-state index contributed by atoms with van der Waals surface area (Å²) in [4.78, 5) is 16.9. The van der Waals surface area contributed by atoms with Crippen molar-refractivity contribution in [1.82, 2.24) is 10.3 Å². The number of benzene rings is 3. The number of hydrogen-bond donors (Lipinski definition) is 2. The fourth-order valence-electron chi connectivity index (χ4n) is 2.88. The lowest BCUT2D eigenvalue weighted by atomic mass is 10.2. The maximum absolute atomic E-state index is 12.4.